The van der Waals surface area contributed by atoms with Crippen molar-refractivity contribution in [2.45, 2.75) is 13.3 Å². The first-order chi connectivity index (χ1) is 9.72. The maximum absolute atomic E-state index is 7.65. The predicted molar refractivity (Wildman–Crippen MR) is 79.4 cm³/mol. The summed E-state index contributed by atoms with van der Waals surface area (Å²) >= 11 is 0. The number of nitrogens with one attached hydrogen (secondary N) is 1. The molecule has 0 aliphatic heterocycles. The number of para-hydroxylation sites is 1. The van der Waals surface area contributed by atoms with Crippen LogP contribution in [0.4, 0.5) is 0 Å². The molecular formula is C15H19N3O2. The number of pyridine rings is 1. The molecule has 5 nitrogen and oxygen atoms in total. The second-order valence-electron chi connectivity index (χ2n) is 4.40. The molecule has 0 aliphatic rings. The molecule has 5 heteroatoms. The fourth-order valence-corrected chi connectivity index (χ4v) is 1.90. The van der Waals surface area contributed by atoms with E-state index in [1.807, 2.05) is 24.3 Å². The Balaban J connectivity index is 2.15. The molecule has 0 radical (unpaired) electrons. The van der Waals surface area contributed by atoms with Crippen LogP contribution in [0.1, 0.15) is 18.9 Å². The van der Waals surface area contributed by atoms with Crippen LogP contribution < -0.4 is 10.5 Å². The van der Waals surface area contributed by atoms with E-state index in [0.717, 1.165) is 23.9 Å². The van der Waals surface area contributed by atoms with Crippen molar-refractivity contribution < 1.29 is 9.47 Å². The van der Waals surface area contributed by atoms with Gasteiger partial charge in [-0.2, -0.15) is 0 Å². The van der Waals surface area contributed by atoms with Gasteiger partial charge in [0.1, 0.15) is 12.4 Å². The van der Waals surface area contributed by atoms with Gasteiger partial charge < -0.3 is 15.2 Å². The molecule has 0 saturated carbocycles. The fraction of sp³-hybridized carbons (Fsp3) is 0.333. The molecule has 0 atom stereocenters. The van der Waals surface area contributed by atoms with Gasteiger partial charge in [-0.1, -0.05) is 25.1 Å². The quantitative estimate of drug-likeness (QED) is 0.461. The number of benzene rings is 1. The van der Waals surface area contributed by atoms with Crippen LogP contribution in [0.2, 0.25) is 0 Å². The fourth-order valence-electron chi connectivity index (χ4n) is 1.90. The number of nitrogen functional groups attached to an aromatic ring is 1. The van der Waals surface area contributed by atoms with E-state index in [4.69, 9.17) is 20.6 Å². The highest BCUT2D eigenvalue weighted by Gasteiger charge is 2.08. The van der Waals surface area contributed by atoms with Crippen molar-refractivity contribution in [2.75, 3.05) is 19.8 Å². The van der Waals surface area contributed by atoms with E-state index in [-0.39, 0.29) is 5.84 Å². The minimum atomic E-state index is 0.00989. The van der Waals surface area contributed by atoms with E-state index in [9.17, 15) is 0 Å². The third kappa shape index (κ3) is 3.45. The van der Waals surface area contributed by atoms with Crippen molar-refractivity contribution in [3.05, 3.63) is 35.9 Å². The topological polar surface area (TPSA) is 81.2 Å². The van der Waals surface area contributed by atoms with E-state index in [0.29, 0.717) is 24.7 Å². The molecule has 1 aromatic heterocycles. The third-order valence-corrected chi connectivity index (χ3v) is 2.81. The van der Waals surface area contributed by atoms with E-state index >= 15 is 0 Å². The average Bonchev–Trinajstić information content (AvgIpc) is 2.46. The molecule has 0 saturated heterocycles. The first kappa shape index (κ1) is 14.3. The number of aromatic nitrogens is 1. The molecule has 0 bridgehead atoms. The highest BCUT2D eigenvalue weighted by Crippen LogP contribution is 2.21. The van der Waals surface area contributed by atoms with Crippen LogP contribution in [0.3, 0.4) is 0 Å². The van der Waals surface area contributed by atoms with Crippen LogP contribution in [0.25, 0.3) is 10.9 Å². The summed E-state index contributed by atoms with van der Waals surface area (Å²) in [7, 11) is 0. The Morgan fingerprint density at radius 3 is 2.80 bits per heavy atom. The predicted octanol–water partition coefficient (Wildman–Crippen LogP) is 2.32. The van der Waals surface area contributed by atoms with Crippen LogP contribution in [0, 0.1) is 5.41 Å². The molecule has 1 heterocycles. The second kappa shape index (κ2) is 6.86. The largest absolute Gasteiger partial charge is 0.475 e. The number of rotatable bonds is 7. The van der Waals surface area contributed by atoms with Crippen molar-refractivity contribution in [2.24, 2.45) is 5.73 Å². The smallest absolute Gasteiger partial charge is 0.214 e. The zero-order chi connectivity index (χ0) is 14.4. The second-order valence-corrected chi connectivity index (χ2v) is 4.40. The highest BCUT2D eigenvalue weighted by atomic mass is 16.5. The van der Waals surface area contributed by atoms with Crippen molar-refractivity contribution in [1.82, 2.24) is 4.98 Å². The van der Waals surface area contributed by atoms with Gasteiger partial charge in [-0.15, -0.1) is 0 Å². The van der Waals surface area contributed by atoms with Crippen LogP contribution in [-0.2, 0) is 4.74 Å². The Bertz CT molecular complexity index is 599. The SMILES string of the molecule is CCCOCCOc1cc(C(=N)N)c2ccccc2n1. The molecule has 0 amide bonds. The minimum absolute atomic E-state index is 0.00989. The van der Waals surface area contributed by atoms with Gasteiger partial charge in [0.25, 0.3) is 0 Å². The molecule has 0 spiro atoms. The lowest BCUT2D eigenvalue weighted by Crippen LogP contribution is -2.13. The zero-order valence-electron chi connectivity index (χ0n) is 11.6. The van der Waals surface area contributed by atoms with Crippen LogP contribution >= 0.6 is 0 Å². The molecule has 106 valence electrons. The number of nitrogens with two attached hydrogens (primary N) is 1. The van der Waals surface area contributed by atoms with E-state index in [1.54, 1.807) is 6.07 Å². The summed E-state index contributed by atoms with van der Waals surface area (Å²) in [6.45, 7) is 3.75. The molecular weight excluding hydrogens is 254 g/mol. The number of nitrogens with zero attached hydrogens (tertiary/aromatic N) is 1. The lowest BCUT2D eigenvalue weighted by atomic mass is 10.1. The van der Waals surface area contributed by atoms with Gasteiger partial charge in [0.05, 0.1) is 12.1 Å². The Kier molecular flexibility index (Phi) is 4.90. The van der Waals surface area contributed by atoms with Crippen LogP contribution in [0.5, 0.6) is 5.88 Å². The maximum Gasteiger partial charge on any atom is 0.214 e. The number of hydrogen-bond acceptors (Lipinski definition) is 4. The monoisotopic (exact) mass is 273 g/mol. The van der Waals surface area contributed by atoms with Crippen molar-refractivity contribution in [1.29, 1.82) is 5.41 Å². The van der Waals surface area contributed by atoms with Crippen LogP contribution in [0.15, 0.2) is 30.3 Å². The summed E-state index contributed by atoms with van der Waals surface area (Å²) in [5.74, 6) is 0.477. The van der Waals surface area contributed by atoms with Gasteiger partial charge in [0.15, 0.2) is 0 Å². The van der Waals surface area contributed by atoms with Crippen LogP contribution in [-0.4, -0.2) is 30.6 Å². The minimum Gasteiger partial charge on any atom is -0.475 e. The number of hydrogen-bond donors (Lipinski definition) is 2. The standard InChI is InChI=1S/C15H19N3O2/c1-2-7-19-8-9-20-14-10-12(15(16)17)11-5-3-4-6-13(11)18-14/h3-6,10H,2,7-9H2,1H3,(H3,16,17). The molecule has 20 heavy (non-hydrogen) atoms. The third-order valence-electron chi connectivity index (χ3n) is 2.81. The van der Waals surface area contributed by atoms with Gasteiger partial charge in [-0.3, -0.25) is 5.41 Å². The summed E-state index contributed by atoms with van der Waals surface area (Å²) in [5.41, 5.74) is 7.03. The van der Waals surface area contributed by atoms with Gasteiger partial charge in [0, 0.05) is 23.6 Å². The Morgan fingerprint density at radius 1 is 1.25 bits per heavy atom. The van der Waals surface area contributed by atoms with Gasteiger partial charge in [0.2, 0.25) is 5.88 Å². The number of fused-ring (bicyclic) bond motifs is 1. The van der Waals surface area contributed by atoms with Crippen molar-refractivity contribution in [3.8, 4) is 5.88 Å². The molecule has 1 aromatic carbocycles. The number of ether oxygens (including phenoxy) is 2. The summed E-state index contributed by atoms with van der Waals surface area (Å²) in [5, 5.41) is 8.51. The van der Waals surface area contributed by atoms with E-state index < -0.39 is 0 Å². The molecule has 3 N–H and O–H groups in total. The Hall–Kier alpha value is -2.14. The van der Waals surface area contributed by atoms with Crippen molar-refractivity contribution in [3.63, 3.8) is 0 Å². The lowest BCUT2D eigenvalue weighted by molar-refractivity contribution is 0.0991. The first-order valence-corrected chi connectivity index (χ1v) is 6.67. The van der Waals surface area contributed by atoms with Crippen molar-refractivity contribution >= 4 is 16.7 Å². The highest BCUT2D eigenvalue weighted by molar-refractivity contribution is 6.06. The van der Waals surface area contributed by atoms with E-state index in [1.165, 1.54) is 0 Å². The molecule has 0 aliphatic carbocycles. The number of amidine groups is 1. The summed E-state index contributed by atoms with van der Waals surface area (Å²) in [4.78, 5) is 4.41. The lowest BCUT2D eigenvalue weighted by Gasteiger charge is -2.10. The zero-order valence-corrected chi connectivity index (χ0v) is 11.6. The van der Waals surface area contributed by atoms with Gasteiger partial charge in [-0.25, -0.2) is 4.98 Å². The molecule has 0 unspecified atom stereocenters. The summed E-state index contributed by atoms with van der Waals surface area (Å²) in [6.07, 6.45) is 0.989. The first-order valence-electron chi connectivity index (χ1n) is 6.67. The summed E-state index contributed by atoms with van der Waals surface area (Å²) in [6, 6.07) is 9.27. The maximum atomic E-state index is 7.65. The van der Waals surface area contributed by atoms with Gasteiger partial charge >= 0.3 is 0 Å². The molecule has 2 rings (SSSR count). The summed E-state index contributed by atoms with van der Waals surface area (Å²) < 4.78 is 10.9. The molecule has 2 aromatic rings. The molecule has 0 fully saturated rings. The Morgan fingerprint density at radius 2 is 2.05 bits per heavy atom. The normalized spacial score (nSPS) is 10.7. The average molecular weight is 273 g/mol. The van der Waals surface area contributed by atoms with Gasteiger partial charge in [-0.05, 0) is 12.5 Å². The Labute approximate surface area is 118 Å². The van der Waals surface area contributed by atoms with E-state index in [2.05, 4.69) is 11.9 Å².